The molecule has 0 radical (unpaired) electrons. The van der Waals surface area contributed by atoms with Gasteiger partial charge in [0.25, 0.3) is 0 Å². The van der Waals surface area contributed by atoms with E-state index in [4.69, 9.17) is 23.2 Å². The van der Waals surface area contributed by atoms with Gasteiger partial charge < -0.3 is 10.6 Å². The molecule has 0 saturated carbocycles. The van der Waals surface area contributed by atoms with Crippen LogP contribution in [0.15, 0.2) is 60.9 Å². The van der Waals surface area contributed by atoms with Crippen molar-refractivity contribution < 1.29 is 4.79 Å². The first-order chi connectivity index (χ1) is 11.6. The van der Waals surface area contributed by atoms with Crippen LogP contribution < -0.4 is 10.6 Å². The average molecular weight is 361 g/mol. The van der Waals surface area contributed by atoms with E-state index in [0.29, 0.717) is 28.0 Å². The number of nitrogens with zero attached hydrogens (tertiary/aromatic N) is 2. The maximum atomic E-state index is 12.0. The highest BCUT2D eigenvalue weighted by atomic mass is 35.5. The minimum absolute atomic E-state index is 0.358. The summed E-state index contributed by atoms with van der Waals surface area (Å²) in [5.74, 6) is 0. The smallest absolute Gasteiger partial charge is 0.308 e. The maximum Gasteiger partial charge on any atom is 0.323 e. The van der Waals surface area contributed by atoms with E-state index in [1.54, 1.807) is 41.3 Å². The number of halogens is 2. The van der Waals surface area contributed by atoms with Crippen LogP contribution in [-0.4, -0.2) is 15.8 Å². The van der Waals surface area contributed by atoms with Gasteiger partial charge in [-0.15, -0.1) is 0 Å². The molecule has 24 heavy (non-hydrogen) atoms. The predicted octanol–water partition coefficient (Wildman–Crippen LogP) is 4.88. The SMILES string of the molecule is O=C(Nc1cccc(Cl)c1)Nc1cnn(Cc2ccc(Cl)cc2)c1. The molecule has 2 amide bonds. The Morgan fingerprint density at radius 1 is 1.00 bits per heavy atom. The monoisotopic (exact) mass is 360 g/mol. The molecule has 0 aliphatic carbocycles. The number of hydrogen-bond donors (Lipinski definition) is 2. The van der Waals surface area contributed by atoms with Crippen LogP contribution in [0.1, 0.15) is 5.56 Å². The van der Waals surface area contributed by atoms with Gasteiger partial charge in [0.05, 0.1) is 18.4 Å². The highest BCUT2D eigenvalue weighted by Crippen LogP contribution is 2.16. The quantitative estimate of drug-likeness (QED) is 0.696. The molecule has 0 bridgehead atoms. The molecule has 7 heteroatoms. The van der Waals surface area contributed by atoms with Crippen molar-refractivity contribution in [3.63, 3.8) is 0 Å². The Kier molecular flexibility index (Phi) is 5.03. The minimum Gasteiger partial charge on any atom is -0.308 e. The van der Waals surface area contributed by atoms with Crippen molar-refractivity contribution in [3.05, 3.63) is 76.5 Å². The van der Waals surface area contributed by atoms with Crippen molar-refractivity contribution >= 4 is 40.6 Å². The average Bonchev–Trinajstić information content (AvgIpc) is 2.96. The van der Waals surface area contributed by atoms with Crippen LogP contribution in [0.4, 0.5) is 16.2 Å². The maximum absolute atomic E-state index is 12.0. The summed E-state index contributed by atoms with van der Waals surface area (Å²) in [6.07, 6.45) is 3.35. The van der Waals surface area contributed by atoms with Crippen LogP contribution in [0.3, 0.4) is 0 Å². The van der Waals surface area contributed by atoms with E-state index in [0.717, 1.165) is 5.56 Å². The summed E-state index contributed by atoms with van der Waals surface area (Å²) >= 11 is 11.8. The van der Waals surface area contributed by atoms with Gasteiger partial charge >= 0.3 is 6.03 Å². The number of rotatable bonds is 4. The van der Waals surface area contributed by atoms with Gasteiger partial charge in [-0.05, 0) is 35.9 Å². The Hall–Kier alpha value is -2.50. The zero-order valence-electron chi connectivity index (χ0n) is 12.5. The molecule has 2 N–H and O–H groups in total. The molecule has 0 aliphatic heterocycles. The van der Waals surface area contributed by atoms with Crippen molar-refractivity contribution in [1.29, 1.82) is 0 Å². The topological polar surface area (TPSA) is 59.0 Å². The summed E-state index contributed by atoms with van der Waals surface area (Å²) in [7, 11) is 0. The van der Waals surface area contributed by atoms with Gasteiger partial charge in [0.1, 0.15) is 0 Å². The first kappa shape index (κ1) is 16.4. The van der Waals surface area contributed by atoms with Crippen LogP contribution in [0.25, 0.3) is 0 Å². The van der Waals surface area contributed by atoms with Gasteiger partial charge in [0.2, 0.25) is 0 Å². The van der Waals surface area contributed by atoms with Gasteiger partial charge in [0, 0.05) is 21.9 Å². The number of benzene rings is 2. The molecular weight excluding hydrogens is 347 g/mol. The normalized spacial score (nSPS) is 10.4. The summed E-state index contributed by atoms with van der Waals surface area (Å²) in [5.41, 5.74) is 2.29. The van der Waals surface area contributed by atoms with E-state index in [9.17, 15) is 4.79 Å². The fraction of sp³-hybridized carbons (Fsp3) is 0.0588. The molecule has 2 aromatic carbocycles. The Labute approximate surface area is 149 Å². The van der Waals surface area contributed by atoms with E-state index in [1.807, 2.05) is 24.3 Å². The second-order valence-corrected chi connectivity index (χ2v) is 6.02. The van der Waals surface area contributed by atoms with E-state index in [1.165, 1.54) is 0 Å². The predicted molar refractivity (Wildman–Crippen MR) is 96.9 cm³/mol. The molecule has 0 aliphatic rings. The molecule has 1 aromatic heterocycles. The highest BCUT2D eigenvalue weighted by Gasteiger charge is 2.06. The molecule has 3 rings (SSSR count). The Morgan fingerprint density at radius 3 is 2.50 bits per heavy atom. The van der Waals surface area contributed by atoms with E-state index in [-0.39, 0.29) is 6.03 Å². The molecule has 5 nitrogen and oxygen atoms in total. The third-order valence-corrected chi connectivity index (χ3v) is 3.72. The Balaban J connectivity index is 1.59. The summed E-state index contributed by atoms with van der Waals surface area (Å²) in [5, 5.41) is 10.9. The van der Waals surface area contributed by atoms with Crippen LogP contribution in [0.2, 0.25) is 10.0 Å². The number of carbonyl (C=O) groups excluding carboxylic acids is 1. The van der Waals surface area contributed by atoms with Crippen LogP contribution >= 0.6 is 23.2 Å². The lowest BCUT2D eigenvalue weighted by molar-refractivity contribution is 0.262. The van der Waals surface area contributed by atoms with E-state index in [2.05, 4.69) is 15.7 Å². The third-order valence-electron chi connectivity index (χ3n) is 3.23. The van der Waals surface area contributed by atoms with Gasteiger partial charge in [-0.25, -0.2) is 4.79 Å². The molecule has 0 atom stereocenters. The lowest BCUT2D eigenvalue weighted by atomic mass is 10.2. The molecule has 122 valence electrons. The second kappa shape index (κ2) is 7.38. The lowest BCUT2D eigenvalue weighted by Crippen LogP contribution is -2.19. The molecule has 0 unspecified atom stereocenters. The number of aromatic nitrogens is 2. The molecular formula is C17H14Cl2N4O. The molecule has 3 aromatic rings. The van der Waals surface area contributed by atoms with E-state index >= 15 is 0 Å². The number of nitrogens with one attached hydrogen (secondary N) is 2. The van der Waals surface area contributed by atoms with Crippen molar-refractivity contribution in [1.82, 2.24) is 9.78 Å². The number of carbonyl (C=O) groups is 1. The van der Waals surface area contributed by atoms with Crippen LogP contribution in [0, 0.1) is 0 Å². The standard InChI is InChI=1S/C17H14Cl2N4O/c18-13-6-4-12(5-7-13)10-23-11-16(9-20-23)22-17(24)21-15-3-1-2-14(19)8-15/h1-9,11H,10H2,(H2,21,22,24). The van der Waals surface area contributed by atoms with Gasteiger partial charge in [0.15, 0.2) is 0 Å². The second-order valence-electron chi connectivity index (χ2n) is 5.14. The lowest BCUT2D eigenvalue weighted by Gasteiger charge is -2.06. The zero-order valence-corrected chi connectivity index (χ0v) is 14.1. The Bertz CT molecular complexity index is 846. The largest absolute Gasteiger partial charge is 0.323 e. The van der Waals surface area contributed by atoms with Crippen LogP contribution in [-0.2, 0) is 6.54 Å². The van der Waals surface area contributed by atoms with Crippen molar-refractivity contribution in [3.8, 4) is 0 Å². The fourth-order valence-corrected chi connectivity index (χ4v) is 2.47. The Morgan fingerprint density at radius 2 is 1.75 bits per heavy atom. The third kappa shape index (κ3) is 4.50. The first-order valence-electron chi connectivity index (χ1n) is 7.19. The number of urea groups is 1. The fourth-order valence-electron chi connectivity index (χ4n) is 2.15. The first-order valence-corrected chi connectivity index (χ1v) is 7.94. The number of anilines is 2. The highest BCUT2D eigenvalue weighted by molar-refractivity contribution is 6.31. The molecule has 0 spiro atoms. The van der Waals surface area contributed by atoms with Gasteiger partial charge in [-0.1, -0.05) is 41.4 Å². The van der Waals surface area contributed by atoms with Crippen molar-refractivity contribution in [2.24, 2.45) is 0 Å². The molecule has 1 heterocycles. The summed E-state index contributed by atoms with van der Waals surface area (Å²) in [4.78, 5) is 12.0. The van der Waals surface area contributed by atoms with Crippen molar-refractivity contribution in [2.45, 2.75) is 6.54 Å². The van der Waals surface area contributed by atoms with Crippen molar-refractivity contribution in [2.75, 3.05) is 10.6 Å². The summed E-state index contributed by atoms with van der Waals surface area (Å²) in [6.45, 7) is 0.592. The molecule has 0 saturated heterocycles. The van der Waals surface area contributed by atoms with Crippen LogP contribution in [0.5, 0.6) is 0 Å². The summed E-state index contributed by atoms with van der Waals surface area (Å²) < 4.78 is 1.73. The zero-order chi connectivity index (χ0) is 16.9. The van der Waals surface area contributed by atoms with Gasteiger partial charge in [-0.3, -0.25) is 4.68 Å². The van der Waals surface area contributed by atoms with E-state index < -0.39 is 0 Å². The minimum atomic E-state index is -0.358. The number of amides is 2. The van der Waals surface area contributed by atoms with Gasteiger partial charge in [-0.2, -0.15) is 5.10 Å². The number of hydrogen-bond acceptors (Lipinski definition) is 2. The molecule has 0 fully saturated rings. The summed E-state index contributed by atoms with van der Waals surface area (Å²) in [6, 6.07) is 14.1.